The molecule has 3 nitrogen and oxygen atoms in total. The highest BCUT2D eigenvalue weighted by atomic mass is 35.5. The Hall–Kier alpha value is -1.97. The van der Waals surface area contributed by atoms with Crippen LogP contribution in [0.2, 0.25) is 10.0 Å². The van der Waals surface area contributed by atoms with Gasteiger partial charge in [-0.15, -0.1) is 0 Å². The lowest BCUT2D eigenvalue weighted by Gasteiger charge is -2.09. The van der Waals surface area contributed by atoms with E-state index in [2.05, 4.69) is 4.98 Å². The number of H-pyrrole nitrogens is 1. The maximum Gasteiger partial charge on any atom is 0.257 e. The van der Waals surface area contributed by atoms with Crippen molar-refractivity contribution < 1.29 is 4.74 Å². The van der Waals surface area contributed by atoms with Crippen molar-refractivity contribution in [2.75, 3.05) is 7.11 Å². The monoisotopic (exact) mass is 319 g/mol. The first kappa shape index (κ1) is 14.0. The highest BCUT2D eigenvalue weighted by Crippen LogP contribution is 2.32. The molecule has 0 saturated carbocycles. The van der Waals surface area contributed by atoms with Crippen LogP contribution in [0.5, 0.6) is 5.75 Å². The molecule has 0 aliphatic carbocycles. The fraction of sp³-hybridized carbons (Fsp3) is 0.0625. The lowest BCUT2D eigenvalue weighted by Crippen LogP contribution is -2.09. The van der Waals surface area contributed by atoms with Crippen molar-refractivity contribution in [2.45, 2.75) is 0 Å². The minimum absolute atomic E-state index is 0.236. The van der Waals surface area contributed by atoms with Crippen LogP contribution in [0.3, 0.4) is 0 Å². The Bertz CT molecular complexity index is 870. The third-order valence-electron chi connectivity index (χ3n) is 3.29. The van der Waals surface area contributed by atoms with Crippen LogP contribution in [-0.2, 0) is 0 Å². The van der Waals surface area contributed by atoms with Crippen molar-refractivity contribution in [3.8, 4) is 16.9 Å². The van der Waals surface area contributed by atoms with Crippen molar-refractivity contribution in [3.63, 3.8) is 0 Å². The number of ether oxygens (including phenoxy) is 1. The zero-order valence-electron chi connectivity index (χ0n) is 11.1. The van der Waals surface area contributed by atoms with Crippen LogP contribution in [0, 0.1) is 0 Å². The highest BCUT2D eigenvalue weighted by molar-refractivity contribution is 6.38. The Morgan fingerprint density at radius 3 is 2.43 bits per heavy atom. The Labute approximate surface area is 131 Å². The molecule has 2 aromatic carbocycles. The molecule has 1 aromatic heterocycles. The lowest BCUT2D eigenvalue weighted by atomic mass is 10.0. The number of rotatable bonds is 2. The maximum atomic E-state index is 12.3. The molecule has 1 N–H and O–H groups in total. The highest BCUT2D eigenvalue weighted by Gasteiger charge is 2.13. The summed E-state index contributed by atoms with van der Waals surface area (Å²) in [6.07, 6.45) is 0. The van der Waals surface area contributed by atoms with Crippen LogP contribution in [0.4, 0.5) is 0 Å². The first-order valence-corrected chi connectivity index (χ1v) is 7.01. The molecule has 0 spiro atoms. The zero-order chi connectivity index (χ0) is 15.0. The Balaban J connectivity index is 2.32. The van der Waals surface area contributed by atoms with Gasteiger partial charge >= 0.3 is 0 Å². The quantitative estimate of drug-likeness (QED) is 0.755. The normalized spacial score (nSPS) is 10.8. The first-order chi connectivity index (χ1) is 10.1. The van der Waals surface area contributed by atoms with Crippen LogP contribution in [0.15, 0.2) is 47.3 Å². The van der Waals surface area contributed by atoms with Crippen molar-refractivity contribution in [3.05, 3.63) is 62.9 Å². The third kappa shape index (κ3) is 2.50. The van der Waals surface area contributed by atoms with Gasteiger partial charge in [-0.05, 0) is 35.9 Å². The topological polar surface area (TPSA) is 42.1 Å². The predicted molar refractivity (Wildman–Crippen MR) is 86.6 cm³/mol. The fourth-order valence-corrected chi connectivity index (χ4v) is 2.71. The van der Waals surface area contributed by atoms with Gasteiger partial charge in [-0.25, -0.2) is 0 Å². The van der Waals surface area contributed by atoms with Gasteiger partial charge < -0.3 is 9.72 Å². The fourth-order valence-electron chi connectivity index (χ4n) is 2.23. The minimum atomic E-state index is -0.236. The summed E-state index contributed by atoms with van der Waals surface area (Å²) in [5.74, 6) is 0.679. The number of pyridine rings is 1. The van der Waals surface area contributed by atoms with Crippen LogP contribution in [0.1, 0.15) is 0 Å². The molecule has 0 amide bonds. The molecule has 3 rings (SSSR count). The molecule has 0 aliphatic rings. The van der Waals surface area contributed by atoms with E-state index in [-0.39, 0.29) is 5.56 Å². The lowest BCUT2D eigenvalue weighted by molar-refractivity contribution is 0.415. The number of nitrogens with one attached hydrogen (secondary N) is 1. The molecular formula is C16H11Cl2NO2. The molecule has 0 aliphatic heterocycles. The maximum absolute atomic E-state index is 12.3. The van der Waals surface area contributed by atoms with Crippen molar-refractivity contribution >= 4 is 34.1 Å². The third-order valence-corrected chi connectivity index (χ3v) is 3.94. The molecule has 21 heavy (non-hydrogen) atoms. The summed E-state index contributed by atoms with van der Waals surface area (Å²) < 4.78 is 5.20. The molecular weight excluding hydrogens is 309 g/mol. The van der Waals surface area contributed by atoms with E-state index in [0.717, 1.165) is 10.9 Å². The van der Waals surface area contributed by atoms with Gasteiger partial charge in [0.15, 0.2) is 0 Å². The predicted octanol–water partition coefficient (Wildman–Crippen LogP) is 4.51. The second-order valence-corrected chi connectivity index (χ2v) is 5.38. The number of hydrogen-bond donors (Lipinski definition) is 1. The van der Waals surface area contributed by atoms with E-state index in [0.29, 0.717) is 26.9 Å². The molecule has 0 fully saturated rings. The molecule has 0 unspecified atom stereocenters. The number of fused-ring (bicyclic) bond motifs is 1. The van der Waals surface area contributed by atoms with Gasteiger partial charge in [0, 0.05) is 10.4 Å². The van der Waals surface area contributed by atoms with E-state index in [4.69, 9.17) is 27.9 Å². The summed E-state index contributed by atoms with van der Waals surface area (Å²) in [4.78, 5) is 15.1. The van der Waals surface area contributed by atoms with Crippen LogP contribution < -0.4 is 10.3 Å². The molecule has 0 atom stereocenters. The standard InChI is InChI=1S/C16H11Cl2NO2/c1-21-11-6-7-13-12(8-11)15(18)14(16(20)19-13)9-2-4-10(17)5-3-9/h2-8H,1H3,(H,19,20). The van der Waals surface area contributed by atoms with Gasteiger partial charge in [0.05, 0.1) is 23.2 Å². The van der Waals surface area contributed by atoms with Crippen molar-refractivity contribution in [2.24, 2.45) is 0 Å². The van der Waals surface area contributed by atoms with E-state index in [1.54, 1.807) is 49.6 Å². The van der Waals surface area contributed by atoms with E-state index in [1.807, 2.05) is 0 Å². The molecule has 0 saturated heterocycles. The summed E-state index contributed by atoms with van der Waals surface area (Å²) in [5, 5.41) is 1.74. The molecule has 0 radical (unpaired) electrons. The average Bonchev–Trinajstić information content (AvgIpc) is 2.49. The van der Waals surface area contributed by atoms with Gasteiger partial charge in [-0.3, -0.25) is 4.79 Å². The molecule has 3 aromatic rings. The number of hydrogen-bond acceptors (Lipinski definition) is 2. The second kappa shape index (κ2) is 5.43. The smallest absolute Gasteiger partial charge is 0.257 e. The first-order valence-electron chi connectivity index (χ1n) is 6.25. The average molecular weight is 320 g/mol. The number of methoxy groups -OCH3 is 1. The zero-order valence-corrected chi connectivity index (χ0v) is 12.6. The summed E-state index contributed by atoms with van der Waals surface area (Å²) in [6, 6.07) is 12.3. The largest absolute Gasteiger partial charge is 0.497 e. The molecule has 5 heteroatoms. The van der Waals surface area contributed by atoms with E-state index >= 15 is 0 Å². The Morgan fingerprint density at radius 2 is 1.76 bits per heavy atom. The SMILES string of the molecule is COc1ccc2[nH]c(=O)c(-c3ccc(Cl)cc3)c(Cl)c2c1. The van der Waals surface area contributed by atoms with Crippen molar-refractivity contribution in [1.82, 2.24) is 4.98 Å². The molecule has 0 bridgehead atoms. The van der Waals surface area contributed by atoms with Gasteiger partial charge in [0.2, 0.25) is 0 Å². The number of benzene rings is 2. The van der Waals surface area contributed by atoms with E-state index in [1.165, 1.54) is 0 Å². The van der Waals surface area contributed by atoms with Gasteiger partial charge in [0.1, 0.15) is 5.75 Å². The van der Waals surface area contributed by atoms with E-state index < -0.39 is 0 Å². The van der Waals surface area contributed by atoms with Gasteiger partial charge in [0.25, 0.3) is 5.56 Å². The minimum Gasteiger partial charge on any atom is -0.497 e. The Morgan fingerprint density at radius 1 is 1.05 bits per heavy atom. The van der Waals surface area contributed by atoms with Crippen LogP contribution in [0.25, 0.3) is 22.0 Å². The van der Waals surface area contributed by atoms with Crippen LogP contribution in [-0.4, -0.2) is 12.1 Å². The number of aromatic nitrogens is 1. The van der Waals surface area contributed by atoms with Gasteiger partial charge in [-0.1, -0.05) is 35.3 Å². The van der Waals surface area contributed by atoms with E-state index in [9.17, 15) is 4.79 Å². The van der Waals surface area contributed by atoms with Crippen LogP contribution >= 0.6 is 23.2 Å². The number of halogens is 2. The second-order valence-electron chi connectivity index (χ2n) is 4.56. The Kier molecular flexibility index (Phi) is 3.62. The summed E-state index contributed by atoms with van der Waals surface area (Å²) in [6.45, 7) is 0. The summed E-state index contributed by atoms with van der Waals surface area (Å²) in [7, 11) is 1.58. The summed E-state index contributed by atoms with van der Waals surface area (Å²) >= 11 is 12.3. The molecule has 1 heterocycles. The number of aromatic amines is 1. The molecule has 106 valence electrons. The van der Waals surface area contributed by atoms with Gasteiger partial charge in [-0.2, -0.15) is 0 Å². The van der Waals surface area contributed by atoms with Crippen molar-refractivity contribution in [1.29, 1.82) is 0 Å². The summed E-state index contributed by atoms with van der Waals surface area (Å²) in [5.41, 5.74) is 1.58.